The summed E-state index contributed by atoms with van der Waals surface area (Å²) in [5.41, 5.74) is 1.22. The van der Waals surface area contributed by atoms with Gasteiger partial charge in [-0.2, -0.15) is 0 Å². The Bertz CT molecular complexity index is 1690. The lowest BCUT2D eigenvalue weighted by Crippen LogP contribution is -2.60. The van der Waals surface area contributed by atoms with Gasteiger partial charge in [-0.3, -0.25) is 14.4 Å². The third-order valence-corrected chi connectivity index (χ3v) is 15.2. The van der Waals surface area contributed by atoms with Crippen LogP contribution in [0.3, 0.4) is 0 Å². The number of amides is 1. The molecule has 1 amide bonds. The minimum Gasteiger partial charge on any atom is -0.461 e. The summed E-state index contributed by atoms with van der Waals surface area (Å²) >= 11 is 0. The Labute approximate surface area is 382 Å². The molecule has 4 N–H and O–H groups in total. The van der Waals surface area contributed by atoms with Crippen molar-refractivity contribution in [1.82, 2.24) is 4.90 Å². The Morgan fingerprint density at radius 3 is 2.11 bits per heavy atom. The number of Topliss-reactive ketones (excluding diaryl/α,β-unsaturated/α-hetero) is 2. The van der Waals surface area contributed by atoms with Crippen LogP contribution >= 0.6 is 0 Å². The first-order chi connectivity index (χ1) is 30.3. The number of esters is 1. The highest BCUT2D eigenvalue weighted by Crippen LogP contribution is 2.60. The zero-order valence-corrected chi connectivity index (χ0v) is 40.3. The number of aliphatic hydroxyl groups is 4. The summed E-state index contributed by atoms with van der Waals surface area (Å²) in [6, 6.07) is -0.963. The number of carbonyl (C=O) groups excluding carboxylic acids is 4. The number of nitrogens with zero attached hydrogens (tertiary/aromatic N) is 1. The number of hydrogen-bond acceptors (Lipinski definition) is 12. The second-order valence-corrected chi connectivity index (χ2v) is 19.9. The fraction of sp³-hybridized carbons (Fsp3) is 0.765. The predicted octanol–water partition coefficient (Wildman–Crippen LogP) is 6.25. The van der Waals surface area contributed by atoms with E-state index in [0.29, 0.717) is 63.4 Å². The molecule has 2 aliphatic carbocycles. The number of ketones is 2. The van der Waals surface area contributed by atoms with Crippen LogP contribution in [0.2, 0.25) is 0 Å². The number of aliphatic hydroxyl groups excluding tert-OH is 4. The summed E-state index contributed by atoms with van der Waals surface area (Å²) in [6.07, 6.45) is 11.6. The average molecular weight is 900 g/mol. The Balaban J connectivity index is 1.64. The normalized spacial score (nSPS) is 42.8. The lowest BCUT2D eigenvalue weighted by atomic mass is 9.48. The highest BCUT2D eigenvalue weighted by molar-refractivity contribution is 6.38. The van der Waals surface area contributed by atoms with Gasteiger partial charge in [-0.15, -0.1) is 0 Å². The highest BCUT2D eigenvalue weighted by Gasteiger charge is 2.59. The van der Waals surface area contributed by atoms with E-state index in [1.54, 1.807) is 21.1 Å². The minimum atomic E-state index is -1.60. The van der Waals surface area contributed by atoms with Crippen LogP contribution in [0.1, 0.15) is 126 Å². The van der Waals surface area contributed by atoms with Crippen molar-refractivity contribution in [3.63, 3.8) is 0 Å². The summed E-state index contributed by atoms with van der Waals surface area (Å²) in [5.74, 6) is -3.55. The molecule has 0 spiro atoms. The van der Waals surface area contributed by atoms with Gasteiger partial charge in [0.15, 0.2) is 5.78 Å². The molecular weight excluding hydrogens is 819 g/mol. The smallest absolute Gasteiger partial charge is 0.329 e. The molecule has 2 unspecified atom stereocenters. The Morgan fingerprint density at radius 2 is 1.45 bits per heavy atom. The van der Waals surface area contributed by atoms with E-state index < -0.39 is 66.2 Å². The van der Waals surface area contributed by atoms with Crippen molar-refractivity contribution in [2.24, 2.45) is 40.9 Å². The molecule has 64 heavy (non-hydrogen) atoms. The van der Waals surface area contributed by atoms with Crippen molar-refractivity contribution in [2.75, 3.05) is 27.9 Å². The lowest BCUT2D eigenvalue weighted by molar-refractivity contribution is -0.202. The van der Waals surface area contributed by atoms with Crippen LogP contribution in [0.4, 0.5) is 0 Å². The molecule has 5 aliphatic rings. The molecule has 2 saturated carbocycles. The summed E-state index contributed by atoms with van der Waals surface area (Å²) in [6.45, 7) is 13.7. The Kier molecular flexibility index (Phi) is 20.6. The minimum absolute atomic E-state index is 0.0487. The number of piperidine rings is 1. The molecule has 0 radical (unpaired) electrons. The Morgan fingerprint density at radius 1 is 0.734 bits per heavy atom. The van der Waals surface area contributed by atoms with Crippen LogP contribution in [0.5, 0.6) is 0 Å². The molecule has 3 heterocycles. The van der Waals surface area contributed by atoms with E-state index in [1.807, 2.05) is 64.2 Å². The topological polar surface area (TPSA) is 189 Å². The molecule has 13 heteroatoms. The first-order valence-corrected chi connectivity index (χ1v) is 23.9. The fourth-order valence-electron chi connectivity index (χ4n) is 11.1. The SMILES string of the molecule is CO[C@H]1C[C@@H](O)CC[C@@H](C)[C@H](O)C(=O)C(=O)N2CCCC[C@@H]2C(=O)O[C@H]2CC([C@H]3CC[C@@H](O)[C@H](OC)C3)(C[C@H](C)/C=C(\C)[C@@H](O)[C@@H](OC)C(=O)[C@H](C)C[C@H](C)\C=C/C=C/C=C/1C)C2C. The summed E-state index contributed by atoms with van der Waals surface area (Å²) in [4.78, 5) is 56.4. The van der Waals surface area contributed by atoms with Gasteiger partial charge in [-0.1, -0.05) is 71.1 Å². The van der Waals surface area contributed by atoms with Crippen LogP contribution in [-0.2, 0) is 38.1 Å². The van der Waals surface area contributed by atoms with Crippen LogP contribution in [0, 0.1) is 40.9 Å². The van der Waals surface area contributed by atoms with Crippen molar-refractivity contribution in [3.05, 3.63) is 47.6 Å². The highest BCUT2D eigenvalue weighted by atomic mass is 16.5. The van der Waals surface area contributed by atoms with Gasteiger partial charge in [0, 0.05) is 40.2 Å². The number of carbonyl (C=O) groups is 4. The largest absolute Gasteiger partial charge is 0.461 e. The van der Waals surface area contributed by atoms with Gasteiger partial charge in [0.1, 0.15) is 30.5 Å². The van der Waals surface area contributed by atoms with Gasteiger partial charge in [-0.25, -0.2) is 4.79 Å². The van der Waals surface area contributed by atoms with E-state index in [0.717, 1.165) is 12.0 Å². The number of ether oxygens (including phenoxy) is 4. The maximum absolute atomic E-state index is 14.0. The zero-order chi connectivity index (χ0) is 47.5. The van der Waals surface area contributed by atoms with Crippen LogP contribution in [0.25, 0.3) is 0 Å². The maximum atomic E-state index is 14.0. The fourth-order valence-corrected chi connectivity index (χ4v) is 11.1. The van der Waals surface area contributed by atoms with Gasteiger partial charge in [-0.05, 0) is 131 Å². The quantitative estimate of drug-likeness (QED) is 0.141. The lowest BCUT2D eigenvalue weighted by Gasteiger charge is -2.60. The zero-order valence-electron chi connectivity index (χ0n) is 40.3. The molecule has 13 nitrogen and oxygen atoms in total. The van der Waals surface area contributed by atoms with E-state index in [4.69, 9.17) is 18.9 Å². The molecule has 362 valence electrons. The summed E-state index contributed by atoms with van der Waals surface area (Å²) in [7, 11) is 4.63. The van der Waals surface area contributed by atoms with Gasteiger partial charge in [0.25, 0.3) is 5.91 Å². The van der Waals surface area contributed by atoms with E-state index in [2.05, 4.69) is 13.8 Å². The molecular formula is C51H81NO12. The van der Waals surface area contributed by atoms with Crippen molar-refractivity contribution in [3.8, 4) is 0 Å². The standard InChI is InChI=1S/C51H81NO12/c1-30-16-12-11-13-17-32(3)41(61-8)27-38(53)21-19-33(4)44(55)47(58)49(59)52-23-15-14-18-39(52)50(60)64-43-29-51(36(43)7,37-20-22-40(54)42(26-37)62-9)28-31(2)25-35(6)46(57)48(63-10)45(56)34(5)24-30/h11-13,16-17,25,30-31,33-34,36-44,46,48,53-55,57H,14-15,18-24,26-29H2,1-10H3/b13-11+,16-12-,32-17+,35-25+/t30-,31-,33-,34-,36?,37+,38+,39-,40-,41+,42-,43+,44+,46-,48+,51?/m1/s1. The van der Waals surface area contributed by atoms with Crippen LogP contribution < -0.4 is 0 Å². The van der Waals surface area contributed by atoms with E-state index in [9.17, 15) is 39.6 Å². The summed E-state index contributed by atoms with van der Waals surface area (Å²) in [5, 5.41) is 44.4. The monoisotopic (exact) mass is 900 g/mol. The van der Waals surface area contributed by atoms with E-state index in [-0.39, 0.29) is 72.4 Å². The van der Waals surface area contributed by atoms with Gasteiger partial charge in [0.2, 0.25) is 5.78 Å². The molecule has 2 bridgehead atoms. The van der Waals surface area contributed by atoms with E-state index in [1.165, 1.54) is 12.0 Å². The molecule has 1 saturated heterocycles. The van der Waals surface area contributed by atoms with E-state index >= 15 is 0 Å². The Hall–Kier alpha value is -3.04. The molecule has 0 aromatic heterocycles. The molecule has 5 rings (SSSR count). The number of methoxy groups -OCH3 is 3. The number of rotatable bonds is 4. The third-order valence-electron chi connectivity index (χ3n) is 15.2. The second-order valence-electron chi connectivity index (χ2n) is 19.9. The molecule has 3 aliphatic heterocycles. The van der Waals surface area contributed by atoms with Crippen molar-refractivity contribution >= 4 is 23.4 Å². The van der Waals surface area contributed by atoms with Crippen LogP contribution in [-0.4, -0.2) is 132 Å². The van der Waals surface area contributed by atoms with Gasteiger partial charge >= 0.3 is 5.97 Å². The first kappa shape index (κ1) is 53.6. The second kappa shape index (κ2) is 24.6. The molecule has 0 aromatic carbocycles. The maximum Gasteiger partial charge on any atom is 0.329 e. The van der Waals surface area contributed by atoms with Crippen LogP contribution in [0.15, 0.2) is 47.6 Å². The number of fused-ring (bicyclic) bond motifs is 21. The number of allylic oxidation sites excluding steroid dienone is 6. The van der Waals surface area contributed by atoms with Crippen molar-refractivity contribution in [2.45, 2.75) is 180 Å². The molecule has 3 fully saturated rings. The molecule has 0 aromatic rings. The summed E-state index contributed by atoms with van der Waals surface area (Å²) < 4.78 is 23.3. The average Bonchev–Trinajstić information content (AvgIpc) is 3.28. The predicted molar refractivity (Wildman–Crippen MR) is 245 cm³/mol. The first-order valence-electron chi connectivity index (χ1n) is 23.9. The van der Waals surface area contributed by atoms with Gasteiger partial charge < -0.3 is 44.3 Å². The number of hydrogen-bond donors (Lipinski definition) is 4. The van der Waals surface area contributed by atoms with Crippen molar-refractivity contribution in [1.29, 1.82) is 0 Å². The van der Waals surface area contributed by atoms with Crippen molar-refractivity contribution < 1.29 is 58.6 Å². The third kappa shape index (κ3) is 13.3. The van der Waals surface area contributed by atoms with Gasteiger partial charge in [0.05, 0.1) is 24.4 Å². The molecule has 16 atom stereocenters.